The summed E-state index contributed by atoms with van der Waals surface area (Å²) in [5, 5.41) is 9.63. The molecule has 3 aromatic heterocycles. The van der Waals surface area contributed by atoms with E-state index in [2.05, 4.69) is 32.8 Å². The number of benzene rings is 1. The topological polar surface area (TPSA) is 93.0 Å². The molecule has 158 valence electrons. The van der Waals surface area contributed by atoms with E-state index in [0.29, 0.717) is 48.7 Å². The molecule has 1 saturated heterocycles. The molecule has 1 unspecified atom stereocenters. The van der Waals surface area contributed by atoms with Crippen molar-refractivity contribution in [2.45, 2.75) is 26.0 Å². The molecular formula is C21H19ClN6O3. The number of halogens is 1. The van der Waals surface area contributed by atoms with E-state index in [1.807, 2.05) is 22.9 Å². The lowest BCUT2D eigenvalue weighted by atomic mass is 10.0. The fourth-order valence-electron chi connectivity index (χ4n) is 4.10. The van der Waals surface area contributed by atoms with Crippen LogP contribution in [0.3, 0.4) is 0 Å². The van der Waals surface area contributed by atoms with Crippen molar-refractivity contribution in [3.63, 3.8) is 0 Å². The minimum absolute atomic E-state index is 0.353. The Morgan fingerprint density at radius 1 is 1.23 bits per heavy atom. The highest BCUT2D eigenvalue weighted by Crippen LogP contribution is 2.38. The number of hydrogen-bond acceptors (Lipinski definition) is 7. The van der Waals surface area contributed by atoms with Crippen LogP contribution >= 0.6 is 11.6 Å². The van der Waals surface area contributed by atoms with E-state index in [0.717, 1.165) is 34.7 Å². The van der Waals surface area contributed by atoms with Crippen LogP contribution in [-0.2, 0) is 22.4 Å². The van der Waals surface area contributed by atoms with Crippen molar-refractivity contribution in [3.8, 4) is 28.5 Å². The molecule has 6 rings (SSSR count). The fourth-order valence-corrected chi connectivity index (χ4v) is 4.27. The largest absolute Gasteiger partial charge is 0.376 e. The van der Waals surface area contributed by atoms with Crippen LogP contribution in [-0.4, -0.2) is 49.3 Å². The standard InChI is InChI=1S/C21H19ClN6O3/c1-2-27-9-12-7-16-19(20-24-21(31-26-20)17-10-29-5-6-30-17)23-11-28(16)15-4-3-13(22)8-14(15)18(12)25-27/h3-4,8-9,11,17H,2,5-7,10H2,1H3. The zero-order valence-corrected chi connectivity index (χ0v) is 17.5. The summed E-state index contributed by atoms with van der Waals surface area (Å²) >= 11 is 6.33. The highest BCUT2D eigenvalue weighted by atomic mass is 35.5. The third-order valence-corrected chi connectivity index (χ3v) is 5.84. The second kappa shape index (κ2) is 7.30. The van der Waals surface area contributed by atoms with Crippen LogP contribution in [0.25, 0.3) is 28.5 Å². The number of imidazole rings is 1. The summed E-state index contributed by atoms with van der Waals surface area (Å²) in [5.74, 6) is 0.830. The lowest BCUT2D eigenvalue weighted by Crippen LogP contribution is -2.22. The molecule has 0 aliphatic carbocycles. The van der Waals surface area contributed by atoms with Crippen LogP contribution in [0.2, 0.25) is 5.02 Å². The molecule has 0 saturated carbocycles. The van der Waals surface area contributed by atoms with Gasteiger partial charge in [0.2, 0.25) is 5.82 Å². The predicted octanol–water partition coefficient (Wildman–Crippen LogP) is 3.45. The van der Waals surface area contributed by atoms with Crippen LogP contribution < -0.4 is 0 Å². The summed E-state index contributed by atoms with van der Waals surface area (Å²) in [6, 6.07) is 5.81. The second-order valence-corrected chi connectivity index (χ2v) is 7.93. The van der Waals surface area contributed by atoms with Gasteiger partial charge < -0.3 is 18.6 Å². The molecule has 0 radical (unpaired) electrons. The summed E-state index contributed by atoms with van der Waals surface area (Å²) in [7, 11) is 0. The van der Waals surface area contributed by atoms with Crippen molar-refractivity contribution in [1.82, 2.24) is 29.5 Å². The van der Waals surface area contributed by atoms with E-state index in [9.17, 15) is 0 Å². The van der Waals surface area contributed by atoms with Crippen molar-refractivity contribution in [2.24, 2.45) is 0 Å². The second-order valence-electron chi connectivity index (χ2n) is 7.50. The van der Waals surface area contributed by atoms with Gasteiger partial charge in [0, 0.05) is 35.3 Å². The van der Waals surface area contributed by atoms with Gasteiger partial charge in [0.25, 0.3) is 5.89 Å². The predicted molar refractivity (Wildman–Crippen MR) is 111 cm³/mol. The van der Waals surface area contributed by atoms with E-state index < -0.39 is 0 Å². The number of nitrogens with zero attached hydrogens (tertiary/aromatic N) is 6. The lowest BCUT2D eigenvalue weighted by Gasteiger charge is -2.19. The number of aromatic nitrogens is 6. The lowest BCUT2D eigenvalue weighted by molar-refractivity contribution is -0.101. The first-order valence-electron chi connectivity index (χ1n) is 10.2. The Bertz CT molecular complexity index is 1270. The molecule has 2 aliphatic heterocycles. The monoisotopic (exact) mass is 438 g/mol. The highest BCUT2D eigenvalue weighted by molar-refractivity contribution is 6.31. The molecule has 0 N–H and O–H groups in total. The van der Waals surface area contributed by atoms with Gasteiger partial charge in [0.1, 0.15) is 12.0 Å². The van der Waals surface area contributed by atoms with Crippen LogP contribution in [0.1, 0.15) is 30.2 Å². The van der Waals surface area contributed by atoms with Gasteiger partial charge in [-0.15, -0.1) is 0 Å². The first-order valence-corrected chi connectivity index (χ1v) is 10.5. The zero-order chi connectivity index (χ0) is 20.9. The number of ether oxygens (including phenoxy) is 2. The molecule has 5 heterocycles. The van der Waals surface area contributed by atoms with Gasteiger partial charge in [-0.1, -0.05) is 16.8 Å². The Morgan fingerprint density at radius 2 is 2.16 bits per heavy atom. The molecule has 31 heavy (non-hydrogen) atoms. The van der Waals surface area contributed by atoms with E-state index in [4.69, 9.17) is 30.7 Å². The summed E-state index contributed by atoms with van der Waals surface area (Å²) in [5.41, 5.74) is 5.59. The SMILES string of the molecule is CCn1cc2c(n1)-c1cc(Cl)ccc1-n1cnc(-c3noc(C4COCCO4)n3)c1C2. The van der Waals surface area contributed by atoms with Gasteiger partial charge >= 0.3 is 0 Å². The minimum Gasteiger partial charge on any atom is -0.376 e. The van der Waals surface area contributed by atoms with Crippen LogP contribution in [0.4, 0.5) is 0 Å². The molecule has 4 aromatic rings. The van der Waals surface area contributed by atoms with Crippen LogP contribution in [0, 0.1) is 0 Å². The van der Waals surface area contributed by atoms with Crippen molar-refractivity contribution in [3.05, 3.63) is 52.9 Å². The normalized spacial score (nSPS) is 17.7. The third-order valence-electron chi connectivity index (χ3n) is 5.60. The maximum Gasteiger partial charge on any atom is 0.258 e. The zero-order valence-electron chi connectivity index (χ0n) is 16.8. The Labute approximate surface area is 182 Å². The van der Waals surface area contributed by atoms with Gasteiger partial charge in [-0.05, 0) is 25.1 Å². The molecule has 0 bridgehead atoms. The Hall–Kier alpha value is -3.01. The summed E-state index contributed by atoms with van der Waals surface area (Å²) in [6.45, 7) is 4.33. The van der Waals surface area contributed by atoms with Gasteiger partial charge in [0.05, 0.1) is 36.9 Å². The number of rotatable bonds is 3. The molecule has 9 nitrogen and oxygen atoms in total. The molecule has 1 aromatic carbocycles. The minimum atomic E-state index is -0.353. The van der Waals surface area contributed by atoms with E-state index in [-0.39, 0.29) is 6.10 Å². The summed E-state index contributed by atoms with van der Waals surface area (Å²) < 4.78 is 20.6. The van der Waals surface area contributed by atoms with Gasteiger partial charge in [-0.2, -0.15) is 10.1 Å². The highest BCUT2D eigenvalue weighted by Gasteiger charge is 2.29. The number of hydrogen-bond donors (Lipinski definition) is 0. The molecule has 0 spiro atoms. The summed E-state index contributed by atoms with van der Waals surface area (Å²) in [6.07, 6.45) is 4.13. The van der Waals surface area contributed by atoms with Crippen molar-refractivity contribution < 1.29 is 14.0 Å². The van der Waals surface area contributed by atoms with Gasteiger partial charge in [-0.3, -0.25) is 4.68 Å². The van der Waals surface area contributed by atoms with E-state index in [1.165, 1.54) is 0 Å². The van der Waals surface area contributed by atoms with Crippen molar-refractivity contribution in [2.75, 3.05) is 19.8 Å². The average Bonchev–Trinajstić information content (AvgIpc) is 3.52. The Kier molecular flexibility index (Phi) is 4.41. The summed E-state index contributed by atoms with van der Waals surface area (Å²) in [4.78, 5) is 9.20. The van der Waals surface area contributed by atoms with Gasteiger partial charge in [0.15, 0.2) is 6.10 Å². The molecule has 1 atom stereocenters. The third kappa shape index (κ3) is 3.08. The number of aryl methyl sites for hydroxylation is 1. The van der Waals surface area contributed by atoms with Crippen molar-refractivity contribution in [1.29, 1.82) is 0 Å². The van der Waals surface area contributed by atoms with Crippen LogP contribution in [0.15, 0.2) is 35.2 Å². The maximum absolute atomic E-state index is 6.33. The van der Waals surface area contributed by atoms with E-state index >= 15 is 0 Å². The van der Waals surface area contributed by atoms with E-state index in [1.54, 1.807) is 6.33 Å². The van der Waals surface area contributed by atoms with Gasteiger partial charge in [-0.25, -0.2) is 4.98 Å². The molecule has 0 amide bonds. The average molecular weight is 439 g/mol. The van der Waals surface area contributed by atoms with Crippen LogP contribution in [0.5, 0.6) is 0 Å². The Balaban J connectivity index is 1.48. The maximum atomic E-state index is 6.33. The van der Waals surface area contributed by atoms with Crippen molar-refractivity contribution >= 4 is 11.6 Å². The quantitative estimate of drug-likeness (QED) is 0.426. The first-order chi connectivity index (χ1) is 15.2. The fraction of sp³-hybridized carbons (Fsp3) is 0.333. The smallest absolute Gasteiger partial charge is 0.258 e. The molecule has 1 fully saturated rings. The molecule has 2 aliphatic rings. The molecule has 10 heteroatoms. The Morgan fingerprint density at radius 3 is 3.00 bits per heavy atom. The first kappa shape index (κ1) is 18.7. The number of fused-ring (bicyclic) bond motifs is 5. The molecular weight excluding hydrogens is 420 g/mol.